The van der Waals surface area contributed by atoms with Crippen molar-refractivity contribution in [1.82, 2.24) is 4.98 Å². The molecule has 5 nitrogen and oxygen atoms in total. The quantitative estimate of drug-likeness (QED) is 0.767. The predicted molar refractivity (Wildman–Crippen MR) is 80.3 cm³/mol. The van der Waals surface area contributed by atoms with Crippen molar-refractivity contribution in [2.75, 3.05) is 12.9 Å². The minimum Gasteiger partial charge on any atom is -0.487 e. The summed E-state index contributed by atoms with van der Waals surface area (Å²) in [4.78, 5) is 4.28. The fraction of sp³-hybridized carbons (Fsp3) is 0.308. The van der Waals surface area contributed by atoms with Crippen LogP contribution >= 0.6 is 15.9 Å². The van der Waals surface area contributed by atoms with Gasteiger partial charge in [0.2, 0.25) is 0 Å². The Labute approximate surface area is 126 Å². The van der Waals surface area contributed by atoms with Crippen LogP contribution in [0.3, 0.4) is 0 Å². The maximum absolute atomic E-state index is 10.9. The predicted octanol–water partition coefficient (Wildman–Crippen LogP) is 2.74. The van der Waals surface area contributed by atoms with Crippen molar-refractivity contribution in [3.05, 3.63) is 34.9 Å². The topological polar surface area (TPSA) is 65.5 Å². The van der Waals surface area contributed by atoms with E-state index in [2.05, 4.69) is 25.1 Å². The first-order chi connectivity index (χ1) is 9.33. The highest BCUT2D eigenvalue weighted by Crippen LogP contribution is 2.22. The molecule has 0 aliphatic rings. The fourth-order valence-corrected chi connectivity index (χ4v) is 2.45. The summed E-state index contributed by atoms with van der Waals surface area (Å²) < 4.78 is 33.0. The summed E-state index contributed by atoms with van der Waals surface area (Å²) in [6.07, 6.45) is 2.22. The van der Waals surface area contributed by atoms with E-state index in [1.165, 1.54) is 0 Å². The number of ether oxygens (including phenoxy) is 1. The lowest BCUT2D eigenvalue weighted by molar-refractivity contribution is 0.147. The molecule has 0 saturated heterocycles. The van der Waals surface area contributed by atoms with Gasteiger partial charge in [-0.25, -0.2) is 0 Å². The molecule has 20 heavy (non-hydrogen) atoms. The van der Waals surface area contributed by atoms with Crippen molar-refractivity contribution < 1.29 is 17.3 Å². The van der Waals surface area contributed by atoms with Gasteiger partial charge in [0, 0.05) is 9.86 Å². The monoisotopic (exact) mass is 359 g/mol. The Balaban J connectivity index is 2.09. The Kier molecular flexibility index (Phi) is 4.62. The van der Waals surface area contributed by atoms with Crippen LogP contribution in [-0.4, -0.2) is 32.4 Å². The minimum atomic E-state index is -3.45. The average Bonchev–Trinajstić information content (AvgIpc) is 2.35. The molecule has 1 aromatic heterocycles. The molecule has 0 radical (unpaired) electrons. The number of nitrogens with zero attached hydrogens (tertiary/aromatic N) is 1. The maximum Gasteiger partial charge on any atom is 0.264 e. The average molecular weight is 360 g/mol. The molecule has 1 heterocycles. The van der Waals surface area contributed by atoms with E-state index in [0.717, 1.165) is 21.6 Å². The van der Waals surface area contributed by atoms with E-state index in [9.17, 15) is 8.42 Å². The molecular formula is C13H14BrNO4S. The van der Waals surface area contributed by atoms with E-state index in [1.807, 2.05) is 24.3 Å². The zero-order valence-corrected chi connectivity index (χ0v) is 13.4. The van der Waals surface area contributed by atoms with Gasteiger partial charge in [0.25, 0.3) is 10.1 Å². The van der Waals surface area contributed by atoms with E-state index in [1.54, 1.807) is 13.1 Å². The van der Waals surface area contributed by atoms with Crippen LogP contribution in [0, 0.1) is 0 Å². The van der Waals surface area contributed by atoms with Gasteiger partial charge in [-0.05, 0) is 31.2 Å². The number of halogens is 1. The first-order valence-electron chi connectivity index (χ1n) is 5.90. The van der Waals surface area contributed by atoms with Gasteiger partial charge >= 0.3 is 0 Å². The Morgan fingerprint density at radius 1 is 1.35 bits per heavy atom. The standard InChI is InChI=1S/C13H14BrNO4S/c1-9(8-18-20(2,16)17)19-12-6-10-5-11(14)3-4-13(10)15-7-12/h3-7,9H,8H2,1-2H3/t9-/m1/s1. The smallest absolute Gasteiger partial charge is 0.264 e. The molecule has 0 aliphatic carbocycles. The maximum atomic E-state index is 10.9. The van der Waals surface area contributed by atoms with Crippen LogP contribution in [-0.2, 0) is 14.3 Å². The summed E-state index contributed by atoms with van der Waals surface area (Å²) in [5, 5.41) is 0.938. The second-order valence-electron chi connectivity index (χ2n) is 4.43. The molecule has 0 amide bonds. The summed E-state index contributed by atoms with van der Waals surface area (Å²) in [5.41, 5.74) is 0.862. The molecule has 0 bridgehead atoms. The van der Waals surface area contributed by atoms with Crippen LogP contribution in [0.15, 0.2) is 34.9 Å². The minimum absolute atomic E-state index is 0.0324. The molecule has 0 spiro atoms. The third kappa shape index (κ3) is 4.43. The Bertz CT molecular complexity index is 717. The Morgan fingerprint density at radius 2 is 2.10 bits per heavy atom. The number of rotatable bonds is 5. The molecule has 2 rings (SSSR count). The van der Waals surface area contributed by atoms with Gasteiger partial charge in [-0.3, -0.25) is 9.17 Å². The van der Waals surface area contributed by atoms with Crippen molar-refractivity contribution in [1.29, 1.82) is 0 Å². The number of pyridine rings is 1. The third-order valence-corrected chi connectivity index (χ3v) is 3.53. The summed E-state index contributed by atoms with van der Waals surface area (Å²) >= 11 is 3.40. The molecule has 7 heteroatoms. The van der Waals surface area contributed by atoms with Crippen LogP contribution in [0.2, 0.25) is 0 Å². The summed E-state index contributed by atoms with van der Waals surface area (Å²) in [5.74, 6) is 0.570. The van der Waals surface area contributed by atoms with Crippen LogP contribution < -0.4 is 4.74 Å². The molecule has 1 atom stereocenters. The molecule has 0 unspecified atom stereocenters. The zero-order valence-electron chi connectivity index (χ0n) is 11.0. The summed E-state index contributed by atoms with van der Waals surface area (Å²) in [7, 11) is -3.45. The fourth-order valence-electron chi connectivity index (χ4n) is 1.63. The number of benzene rings is 1. The lowest BCUT2D eigenvalue weighted by Crippen LogP contribution is -2.21. The summed E-state index contributed by atoms with van der Waals surface area (Å²) in [6, 6.07) is 7.61. The van der Waals surface area contributed by atoms with Crippen molar-refractivity contribution >= 4 is 37.0 Å². The van der Waals surface area contributed by atoms with E-state index in [-0.39, 0.29) is 6.61 Å². The lowest BCUT2D eigenvalue weighted by atomic mass is 10.2. The van der Waals surface area contributed by atoms with Crippen LogP contribution in [0.5, 0.6) is 5.75 Å². The first-order valence-corrected chi connectivity index (χ1v) is 8.51. The van der Waals surface area contributed by atoms with Crippen molar-refractivity contribution in [3.63, 3.8) is 0 Å². The van der Waals surface area contributed by atoms with E-state index >= 15 is 0 Å². The van der Waals surface area contributed by atoms with Gasteiger partial charge in [0.15, 0.2) is 0 Å². The highest BCUT2D eigenvalue weighted by Gasteiger charge is 2.10. The second kappa shape index (κ2) is 6.07. The first kappa shape index (κ1) is 15.2. The number of aromatic nitrogens is 1. The number of fused-ring (bicyclic) bond motifs is 1. The summed E-state index contributed by atoms with van der Waals surface area (Å²) in [6.45, 7) is 1.70. The number of hydrogen-bond donors (Lipinski definition) is 0. The van der Waals surface area contributed by atoms with E-state index < -0.39 is 16.2 Å². The Morgan fingerprint density at radius 3 is 2.80 bits per heavy atom. The third-order valence-electron chi connectivity index (χ3n) is 2.47. The van der Waals surface area contributed by atoms with Crippen molar-refractivity contribution in [2.45, 2.75) is 13.0 Å². The van der Waals surface area contributed by atoms with Gasteiger partial charge in [0.1, 0.15) is 18.5 Å². The van der Waals surface area contributed by atoms with Gasteiger partial charge < -0.3 is 4.74 Å². The zero-order chi connectivity index (χ0) is 14.8. The Hall–Kier alpha value is -1.18. The molecule has 0 N–H and O–H groups in total. The van der Waals surface area contributed by atoms with Gasteiger partial charge in [-0.2, -0.15) is 8.42 Å². The van der Waals surface area contributed by atoms with Gasteiger partial charge in [-0.1, -0.05) is 15.9 Å². The van der Waals surface area contributed by atoms with E-state index in [0.29, 0.717) is 5.75 Å². The molecule has 2 aromatic rings. The SMILES string of the molecule is C[C@H](COS(C)(=O)=O)Oc1cnc2ccc(Br)cc2c1. The van der Waals surface area contributed by atoms with Crippen molar-refractivity contribution in [2.24, 2.45) is 0 Å². The second-order valence-corrected chi connectivity index (χ2v) is 6.98. The number of hydrogen-bond acceptors (Lipinski definition) is 5. The van der Waals surface area contributed by atoms with Crippen molar-refractivity contribution in [3.8, 4) is 5.75 Å². The van der Waals surface area contributed by atoms with E-state index in [4.69, 9.17) is 4.74 Å². The molecule has 0 aliphatic heterocycles. The highest BCUT2D eigenvalue weighted by molar-refractivity contribution is 9.10. The molecule has 0 fully saturated rings. The normalized spacial score (nSPS) is 13.3. The highest BCUT2D eigenvalue weighted by atomic mass is 79.9. The van der Waals surface area contributed by atoms with Crippen LogP contribution in [0.1, 0.15) is 6.92 Å². The van der Waals surface area contributed by atoms with Gasteiger partial charge in [0.05, 0.1) is 18.0 Å². The molecule has 108 valence electrons. The van der Waals surface area contributed by atoms with Crippen LogP contribution in [0.25, 0.3) is 10.9 Å². The molecule has 1 aromatic carbocycles. The van der Waals surface area contributed by atoms with Gasteiger partial charge in [-0.15, -0.1) is 0 Å². The molecular weight excluding hydrogens is 346 g/mol. The molecule has 0 saturated carbocycles. The lowest BCUT2D eigenvalue weighted by Gasteiger charge is -2.14. The largest absolute Gasteiger partial charge is 0.487 e. The van der Waals surface area contributed by atoms with Crippen LogP contribution in [0.4, 0.5) is 0 Å².